The average molecular weight is 244 g/mol. The van der Waals surface area contributed by atoms with E-state index in [1.165, 1.54) is 0 Å². The molecule has 5 heteroatoms. The number of nitrogens with one attached hydrogen (secondary N) is 2. The van der Waals surface area contributed by atoms with E-state index in [2.05, 4.69) is 20.3 Å². The number of imidazole rings is 1. The van der Waals surface area contributed by atoms with Crippen LogP contribution in [0.15, 0.2) is 24.5 Å². The summed E-state index contributed by atoms with van der Waals surface area (Å²) < 4.78 is 0. The van der Waals surface area contributed by atoms with E-state index in [1.54, 1.807) is 18.5 Å². The molecule has 2 heterocycles. The van der Waals surface area contributed by atoms with E-state index in [0.717, 1.165) is 17.2 Å². The third-order valence-electron chi connectivity index (χ3n) is 2.75. The minimum Gasteiger partial charge on any atom is -0.347 e. The Hall–Kier alpha value is -2.17. The van der Waals surface area contributed by atoms with E-state index in [0.29, 0.717) is 5.56 Å². The molecule has 18 heavy (non-hydrogen) atoms. The summed E-state index contributed by atoms with van der Waals surface area (Å²) in [6.07, 6.45) is 3.40. The van der Waals surface area contributed by atoms with Crippen LogP contribution in [-0.4, -0.2) is 20.9 Å². The first-order valence-electron chi connectivity index (χ1n) is 5.82. The first kappa shape index (κ1) is 12.3. The number of pyridine rings is 1. The van der Waals surface area contributed by atoms with E-state index in [9.17, 15) is 4.79 Å². The molecule has 0 radical (unpaired) electrons. The van der Waals surface area contributed by atoms with Gasteiger partial charge in [0.05, 0.1) is 17.3 Å². The van der Waals surface area contributed by atoms with Gasteiger partial charge in [0.15, 0.2) is 0 Å². The summed E-state index contributed by atoms with van der Waals surface area (Å²) in [6.45, 7) is 5.62. The largest absolute Gasteiger partial charge is 0.347 e. The summed E-state index contributed by atoms with van der Waals surface area (Å²) in [5.74, 6) is 0.602. The van der Waals surface area contributed by atoms with Crippen LogP contribution in [-0.2, 0) is 0 Å². The lowest BCUT2D eigenvalue weighted by atomic mass is 10.1. The molecule has 1 unspecified atom stereocenters. The van der Waals surface area contributed by atoms with Gasteiger partial charge in [-0.15, -0.1) is 0 Å². The predicted molar refractivity (Wildman–Crippen MR) is 68.2 cm³/mol. The molecular formula is C13H16N4O. The number of carbonyl (C=O) groups excluding carboxylic acids is 1. The second kappa shape index (κ2) is 5.00. The van der Waals surface area contributed by atoms with Crippen LogP contribution in [0.1, 0.15) is 40.5 Å². The van der Waals surface area contributed by atoms with Crippen LogP contribution in [0.4, 0.5) is 0 Å². The quantitative estimate of drug-likeness (QED) is 0.866. The Morgan fingerprint density at radius 3 is 2.78 bits per heavy atom. The number of amides is 1. The van der Waals surface area contributed by atoms with E-state index in [-0.39, 0.29) is 11.9 Å². The van der Waals surface area contributed by atoms with Gasteiger partial charge in [0, 0.05) is 18.1 Å². The second-order valence-corrected chi connectivity index (χ2v) is 4.26. The molecule has 0 saturated carbocycles. The fraction of sp³-hybridized carbons (Fsp3) is 0.308. The highest BCUT2D eigenvalue weighted by atomic mass is 16.1. The van der Waals surface area contributed by atoms with E-state index in [4.69, 9.17) is 0 Å². The van der Waals surface area contributed by atoms with Gasteiger partial charge in [-0.25, -0.2) is 4.98 Å². The molecule has 0 aliphatic carbocycles. The topological polar surface area (TPSA) is 70.7 Å². The van der Waals surface area contributed by atoms with Crippen molar-refractivity contribution in [1.29, 1.82) is 0 Å². The number of carbonyl (C=O) groups is 1. The van der Waals surface area contributed by atoms with Crippen LogP contribution in [0.3, 0.4) is 0 Å². The second-order valence-electron chi connectivity index (χ2n) is 4.26. The van der Waals surface area contributed by atoms with Gasteiger partial charge in [-0.3, -0.25) is 9.78 Å². The molecule has 1 atom stereocenters. The number of H-pyrrole nitrogens is 1. The van der Waals surface area contributed by atoms with Crippen LogP contribution < -0.4 is 5.32 Å². The Kier molecular flexibility index (Phi) is 3.41. The van der Waals surface area contributed by atoms with Crippen LogP contribution in [0.2, 0.25) is 0 Å². The van der Waals surface area contributed by atoms with Crippen molar-refractivity contribution in [1.82, 2.24) is 20.3 Å². The van der Waals surface area contributed by atoms with Crippen molar-refractivity contribution in [3.05, 3.63) is 47.3 Å². The van der Waals surface area contributed by atoms with Gasteiger partial charge in [-0.2, -0.15) is 0 Å². The number of aromatic nitrogens is 3. The monoisotopic (exact) mass is 244 g/mol. The maximum absolute atomic E-state index is 12.1. The highest BCUT2D eigenvalue weighted by Gasteiger charge is 2.15. The molecule has 2 aromatic rings. The lowest BCUT2D eigenvalue weighted by Crippen LogP contribution is -2.28. The van der Waals surface area contributed by atoms with Gasteiger partial charge < -0.3 is 10.3 Å². The molecule has 1 amide bonds. The predicted octanol–water partition coefficient (Wildman–Crippen LogP) is 1.91. The molecule has 0 aromatic carbocycles. The maximum atomic E-state index is 12.1. The summed E-state index contributed by atoms with van der Waals surface area (Å²) in [6, 6.07) is 3.47. The van der Waals surface area contributed by atoms with Crippen molar-refractivity contribution in [2.45, 2.75) is 26.8 Å². The van der Waals surface area contributed by atoms with Crippen molar-refractivity contribution < 1.29 is 4.79 Å². The van der Waals surface area contributed by atoms with E-state index in [1.807, 2.05) is 26.8 Å². The number of aromatic amines is 1. The van der Waals surface area contributed by atoms with Gasteiger partial charge in [-0.05, 0) is 32.9 Å². The van der Waals surface area contributed by atoms with Crippen molar-refractivity contribution in [2.75, 3.05) is 0 Å². The van der Waals surface area contributed by atoms with Gasteiger partial charge >= 0.3 is 0 Å². The van der Waals surface area contributed by atoms with Crippen LogP contribution in [0, 0.1) is 13.8 Å². The van der Waals surface area contributed by atoms with Crippen LogP contribution >= 0.6 is 0 Å². The molecule has 0 aliphatic heterocycles. The first-order chi connectivity index (χ1) is 8.58. The summed E-state index contributed by atoms with van der Waals surface area (Å²) in [4.78, 5) is 23.5. The zero-order valence-corrected chi connectivity index (χ0v) is 10.7. The number of rotatable bonds is 3. The SMILES string of the molecule is Cc1ccc(C(=O)NC(C)c2ncc[nH]2)c(C)n1. The standard InChI is InChI=1S/C13H16N4O/c1-8-4-5-11(9(2)16-8)13(18)17-10(3)12-14-6-7-15-12/h4-7,10H,1-3H3,(H,14,15)(H,17,18). The molecule has 0 fully saturated rings. The third-order valence-corrected chi connectivity index (χ3v) is 2.75. The Balaban J connectivity index is 2.12. The summed E-state index contributed by atoms with van der Waals surface area (Å²) in [5, 5.41) is 2.89. The first-order valence-corrected chi connectivity index (χ1v) is 5.82. The zero-order chi connectivity index (χ0) is 13.1. The zero-order valence-electron chi connectivity index (χ0n) is 10.7. The Labute approximate surface area is 106 Å². The maximum Gasteiger partial charge on any atom is 0.253 e. The molecule has 5 nitrogen and oxygen atoms in total. The smallest absolute Gasteiger partial charge is 0.253 e. The van der Waals surface area contributed by atoms with Crippen molar-refractivity contribution in [3.63, 3.8) is 0 Å². The number of hydrogen-bond donors (Lipinski definition) is 2. The molecule has 0 spiro atoms. The van der Waals surface area contributed by atoms with Crippen molar-refractivity contribution >= 4 is 5.91 Å². The highest BCUT2D eigenvalue weighted by Crippen LogP contribution is 2.10. The number of aryl methyl sites for hydroxylation is 2. The van der Waals surface area contributed by atoms with Gasteiger partial charge in [0.1, 0.15) is 5.82 Å². The van der Waals surface area contributed by atoms with Gasteiger partial charge in [0.25, 0.3) is 5.91 Å². The highest BCUT2D eigenvalue weighted by molar-refractivity contribution is 5.95. The van der Waals surface area contributed by atoms with Crippen molar-refractivity contribution in [2.24, 2.45) is 0 Å². The fourth-order valence-electron chi connectivity index (χ4n) is 1.78. The van der Waals surface area contributed by atoms with E-state index >= 15 is 0 Å². The minimum atomic E-state index is -0.159. The van der Waals surface area contributed by atoms with Crippen molar-refractivity contribution in [3.8, 4) is 0 Å². The minimum absolute atomic E-state index is 0.135. The van der Waals surface area contributed by atoms with Gasteiger partial charge in [0.2, 0.25) is 0 Å². The lowest BCUT2D eigenvalue weighted by molar-refractivity contribution is 0.0937. The molecule has 94 valence electrons. The molecule has 2 rings (SSSR count). The molecule has 0 bridgehead atoms. The summed E-state index contributed by atoms with van der Waals surface area (Å²) in [5.41, 5.74) is 2.24. The average Bonchev–Trinajstić information content (AvgIpc) is 2.81. The third kappa shape index (κ3) is 2.56. The lowest BCUT2D eigenvalue weighted by Gasteiger charge is -2.12. The Morgan fingerprint density at radius 2 is 2.17 bits per heavy atom. The Morgan fingerprint density at radius 1 is 1.39 bits per heavy atom. The number of hydrogen-bond acceptors (Lipinski definition) is 3. The number of nitrogens with zero attached hydrogens (tertiary/aromatic N) is 2. The van der Waals surface area contributed by atoms with E-state index < -0.39 is 0 Å². The normalized spacial score (nSPS) is 12.2. The Bertz CT molecular complexity index is 548. The van der Waals surface area contributed by atoms with Crippen LogP contribution in [0.5, 0.6) is 0 Å². The fourth-order valence-corrected chi connectivity index (χ4v) is 1.78. The molecule has 0 saturated heterocycles. The van der Waals surface area contributed by atoms with Crippen LogP contribution in [0.25, 0.3) is 0 Å². The molecule has 0 aliphatic rings. The summed E-state index contributed by atoms with van der Waals surface area (Å²) >= 11 is 0. The van der Waals surface area contributed by atoms with Gasteiger partial charge in [-0.1, -0.05) is 0 Å². The molecular weight excluding hydrogens is 228 g/mol. The summed E-state index contributed by atoms with van der Waals surface area (Å²) in [7, 11) is 0. The molecule has 2 N–H and O–H groups in total. The molecule has 2 aromatic heterocycles.